The molecule has 0 radical (unpaired) electrons. The fraction of sp³-hybridized carbons (Fsp3) is 0.682. The molecule has 0 unspecified atom stereocenters. The molecule has 1 rings (SSSR count). The molecule has 0 saturated carbocycles. The van der Waals surface area contributed by atoms with Crippen molar-refractivity contribution >= 4 is 13.8 Å². The summed E-state index contributed by atoms with van der Waals surface area (Å²) in [4.78, 5) is 12.5. The first-order chi connectivity index (χ1) is 12.9. The van der Waals surface area contributed by atoms with E-state index in [1.807, 2.05) is 53.7 Å². The molecule has 0 aliphatic heterocycles. The van der Waals surface area contributed by atoms with Crippen LogP contribution in [0.5, 0.6) is 5.75 Å². The van der Waals surface area contributed by atoms with Crippen molar-refractivity contribution in [3.63, 3.8) is 0 Å². The fourth-order valence-electron chi connectivity index (χ4n) is 2.79. The lowest BCUT2D eigenvalue weighted by molar-refractivity contribution is 0.0199. The van der Waals surface area contributed by atoms with Crippen LogP contribution in [0.15, 0.2) is 12.1 Å². The van der Waals surface area contributed by atoms with Crippen molar-refractivity contribution in [3.8, 4) is 5.75 Å². The van der Waals surface area contributed by atoms with E-state index < -0.39 is 19.4 Å². The molecular weight excluding hydrogens is 391 g/mol. The first-order valence-electron chi connectivity index (χ1n) is 9.71. The van der Waals surface area contributed by atoms with Gasteiger partial charge in [-0.25, -0.2) is 4.79 Å². The quantitative estimate of drug-likeness (QED) is 0.300. The summed E-state index contributed by atoms with van der Waals surface area (Å²) < 4.78 is 34.1. The van der Waals surface area contributed by atoms with Gasteiger partial charge in [0, 0.05) is 25.3 Å². The van der Waals surface area contributed by atoms with Crippen LogP contribution in [0, 0.1) is 0 Å². The van der Waals surface area contributed by atoms with Crippen molar-refractivity contribution in [2.45, 2.75) is 84.9 Å². The Balaban J connectivity index is 3.64. The molecule has 6 nitrogen and oxygen atoms in total. The second-order valence-electron chi connectivity index (χ2n) is 10.2. The molecule has 0 aliphatic carbocycles. The Hall–Kier alpha value is -1.36. The van der Waals surface area contributed by atoms with Crippen molar-refractivity contribution in [1.82, 2.24) is 0 Å². The van der Waals surface area contributed by atoms with Crippen molar-refractivity contribution in [3.05, 3.63) is 28.8 Å². The number of hydrogen-bond acceptors (Lipinski definition) is 6. The molecule has 7 heteroatoms. The highest BCUT2D eigenvalue weighted by molar-refractivity contribution is 7.52. The standard InChI is InChI=1S/C22H37O6P/c1-20(2,3)16-12-15(14-29(24,25-10)26-11)13-17(21(4,5)6)18(16)27-19(23)28-22(7,8)9/h12-13H,14H2,1-11H3. The van der Waals surface area contributed by atoms with Crippen molar-refractivity contribution in [2.24, 2.45) is 0 Å². The van der Waals surface area contributed by atoms with E-state index in [0.717, 1.165) is 16.7 Å². The summed E-state index contributed by atoms with van der Waals surface area (Å²) >= 11 is 0. The molecule has 29 heavy (non-hydrogen) atoms. The normalized spacial score (nSPS) is 13.3. The van der Waals surface area contributed by atoms with Gasteiger partial charge in [0.25, 0.3) is 0 Å². The largest absolute Gasteiger partial charge is 0.514 e. The summed E-state index contributed by atoms with van der Waals surface area (Å²) in [7, 11) is -0.501. The highest BCUT2D eigenvalue weighted by atomic mass is 31.2. The van der Waals surface area contributed by atoms with Gasteiger partial charge in [-0.1, -0.05) is 53.7 Å². The Morgan fingerprint density at radius 1 is 0.862 bits per heavy atom. The average molecular weight is 429 g/mol. The number of carbonyl (C=O) groups is 1. The number of ether oxygens (including phenoxy) is 2. The van der Waals surface area contributed by atoms with Gasteiger partial charge in [-0.15, -0.1) is 0 Å². The molecular formula is C22H37O6P. The minimum Gasteiger partial charge on any atom is -0.428 e. The zero-order valence-corrected chi connectivity index (χ0v) is 20.7. The Morgan fingerprint density at radius 3 is 1.59 bits per heavy atom. The molecule has 166 valence electrons. The van der Waals surface area contributed by atoms with Crippen LogP contribution in [-0.4, -0.2) is 26.0 Å². The second-order valence-corrected chi connectivity index (χ2v) is 12.5. The van der Waals surface area contributed by atoms with Gasteiger partial charge < -0.3 is 18.5 Å². The Kier molecular flexibility index (Phi) is 7.78. The van der Waals surface area contributed by atoms with E-state index in [9.17, 15) is 9.36 Å². The molecule has 0 fully saturated rings. The summed E-state index contributed by atoms with van der Waals surface area (Å²) in [6, 6.07) is 3.80. The summed E-state index contributed by atoms with van der Waals surface area (Å²) in [5, 5.41) is 0. The molecule has 0 bridgehead atoms. The van der Waals surface area contributed by atoms with Crippen LogP contribution >= 0.6 is 7.60 Å². The van der Waals surface area contributed by atoms with Crippen molar-refractivity contribution in [1.29, 1.82) is 0 Å². The fourth-order valence-corrected chi connectivity index (χ4v) is 3.82. The highest BCUT2D eigenvalue weighted by Gasteiger charge is 2.32. The van der Waals surface area contributed by atoms with Gasteiger partial charge in [0.15, 0.2) is 0 Å². The number of benzene rings is 1. The zero-order valence-electron chi connectivity index (χ0n) is 19.8. The smallest absolute Gasteiger partial charge is 0.428 e. The molecule has 0 saturated heterocycles. The molecule has 0 aromatic heterocycles. The van der Waals surface area contributed by atoms with Crippen molar-refractivity contribution < 1.29 is 27.9 Å². The lowest BCUT2D eigenvalue weighted by Gasteiger charge is -2.31. The molecule has 0 N–H and O–H groups in total. The first kappa shape index (κ1) is 25.7. The summed E-state index contributed by atoms with van der Waals surface area (Å²) in [5.41, 5.74) is 1.11. The molecule has 1 aromatic rings. The molecule has 0 amide bonds. The average Bonchev–Trinajstić information content (AvgIpc) is 2.52. The SMILES string of the molecule is COP(=O)(Cc1cc(C(C)(C)C)c(OC(=O)OC(C)(C)C)c(C(C)(C)C)c1)OC. The zero-order chi connectivity index (χ0) is 22.8. The van der Waals surface area contributed by atoms with E-state index in [-0.39, 0.29) is 17.0 Å². The molecule has 0 heterocycles. The van der Waals surface area contributed by atoms with Crippen LogP contribution in [0.1, 0.15) is 79.0 Å². The summed E-state index contributed by atoms with van der Waals surface area (Å²) in [5.74, 6) is 0.479. The maximum Gasteiger partial charge on any atom is 0.514 e. The summed E-state index contributed by atoms with van der Waals surface area (Å²) in [6.45, 7) is 17.6. The van der Waals surface area contributed by atoms with Gasteiger partial charge in [-0.2, -0.15) is 0 Å². The minimum absolute atomic E-state index is 0.124. The van der Waals surface area contributed by atoms with E-state index in [0.29, 0.717) is 5.75 Å². The highest BCUT2D eigenvalue weighted by Crippen LogP contribution is 2.51. The molecule has 0 atom stereocenters. The third-order valence-electron chi connectivity index (χ3n) is 4.27. The van der Waals surface area contributed by atoms with Crippen LogP contribution in [0.25, 0.3) is 0 Å². The van der Waals surface area contributed by atoms with Crippen LogP contribution < -0.4 is 4.74 Å². The van der Waals surface area contributed by atoms with E-state index >= 15 is 0 Å². The van der Waals surface area contributed by atoms with Crippen molar-refractivity contribution in [2.75, 3.05) is 14.2 Å². The first-order valence-corrected chi connectivity index (χ1v) is 11.4. The lowest BCUT2D eigenvalue weighted by atomic mass is 9.78. The van der Waals surface area contributed by atoms with Gasteiger partial charge in [0.1, 0.15) is 11.4 Å². The third kappa shape index (κ3) is 7.44. The minimum atomic E-state index is -3.25. The van der Waals surface area contributed by atoms with E-state index in [1.165, 1.54) is 14.2 Å². The van der Waals surface area contributed by atoms with Gasteiger partial charge in [0.2, 0.25) is 0 Å². The van der Waals surface area contributed by atoms with Gasteiger partial charge in [-0.05, 0) is 37.2 Å². The third-order valence-corrected chi connectivity index (χ3v) is 6.14. The van der Waals surface area contributed by atoms with E-state index in [2.05, 4.69) is 0 Å². The molecule has 0 spiro atoms. The van der Waals surface area contributed by atoms with Crippen LogP contribution in [0.3, 0.4) is 0 Å². The maximum absolute atomic E-state index is 12.7. The summed E-state index contributed by atoms with van der Waals surface area (Å²) in [6.07, 6.45) is -0.625. The predicted molar refractivity (Wildman–Crippen MR) is 116 cm³/mol. The predicted octanol–water partition coefficient (Wildman–Crippen LogP) is 6.58. The number of rotatable bonds is 5. The maximum atomic E-state index is 12.7. The monoisotopic (exact) mass is 428 g/mol. The Morgan fingerprint density at radius 2 is 1.28 bits per heavy atom. The van der Waals surface area contributed by atoms with Crippen LogP contribution in [0.2, 0.25) is 0 Å². The molecule has 1 aromatic carbocycles. The van der Waals surface area contributed by atoms with Crippen LogP contribution in [0.4, 0.5) is 4.79 Å². The topological polar surface area (TPSA) is 71.1 Å². The Bertz CT molecular complexity index is 735. The molecule has 0 aliphatic rings. The van der Waals surface area contributed by atoms with Gasteiger partial charge >= 0.3 is 13.8 Å². The van der Waals surface area contributed by atoms with Crippen LogP contribution in [-0.2, 0) is 35.3 Å². The second kappa shape index (κ2) is 8.79. The van der Waals surface area contributed by atoms with Gasteiger partial charge in [-0.3, -0.25) is 4.57 Å². The number of hydrogen-bond donors (Lipinski definition) is 0. The lowest BCUT2D eigenvalue weighted by Crippen LogP contribution is -2.28. The number of carbonyl (C=O) groups excluding carboxylic acids is 1. The van der Waals surface area contributed by atoms with Gasteiger partial charge in [0.05, 0.1) is 6.16 Å². The van der Waals surface area contributed by atoms with E-state index in [1.54, 1.807) is 20.8 Å². The Labute approximate surface area is 175 Å². The van der Waals surface area contributed by atoms with E-state index in [4.69, 9.17) is 18.5 Å².